The van der Waals surface area contributed by atoms with Gasteiger partial charge in [0.2, 0.25) is 0 Å². The zero-order valence-corrected chi connectivity index (χ0v) is 15.2. The molecule has 0 aromatic heterocycles. The van der Waals surface area contributed by atoms with Crippen molar-refractivity contribution in [1.29, 1.82) is 0 Å². The fourth-order valence-electron chi connectivity index (χ4n) is 7.93. The highest BCUT2D eigenvalue weighted by Gasteiger charge is 2.59. The molecule has 0 amide bonds. The maximum atomic E-state index is 12.2. The Bertz CT molecular complexity index is 500. The van der Waals surface area contributed by atoms with Crippen LogP contribution in [0.5, 0.6) is 0 Å². The first-order chi connectivity index (χ1) is 10.8. The zero-order chi connectivity index (χ0) is 16.4. The first-order valence-corrected chi connectivity index (χ1v) is 10.0. The third kappa shape index (κ3) is 2.27. The minimum Gasteiger partial charge on any atom is -0.393 e. The van der Waals surface area contributed by atoms with E-state index in [-0.39, 0.29) is 11.5 Å². The number of aliphatic hydroxyl groups excluding tert-OH is 1. The molecule has 4 aliphatic rings. The molecule has 0 aromatic carbocycles. The van der Waals surface area contributed by atoms with Crippen molar-refractivity contribution in [3.05, 3.63) is 0 Å². The summed E-state index contributed by atoms with van der Waals surface area (Å²) in [5, 5.41) is 10.2. The average molecular weight is 319 g/mol. The molecule has 130 valence electrons. The number of ketones is 1. The van der Waals surface area contributed by atoms with Crippen LogP contribution >= 0.6 is 0 Å². The lowest BCUT2D eigenvalue weighted by Gasteiger charge is -2.59. The summed E-state index contributed by atoms with van der Waals surface area (Å²) in [6.45, 7) is 6.72. The largest absolute Gasteiger partial charge is 0.393 e. The quantitative estimate of drug-likeness (QED) is 0.767. The summed E-state index contributed by atoms with van der Waals surface area (Å²) in [5.41, 5.74) is 0.667. The molecule has 0 aromatic rings. The number of hydrogen-bond donors (Lipinski definition) is 1. The van der Waals surface area contributed by atoms with E-state index in [9.17, 15) is 9.90 Å². The average Bonchev–Trinajstić information content (AvgIpc) is 2.83. The SMILES string of the molecule is CC(=O)[C@H]1CC[C@H]2[C@@H]3CC[C@]4(C)C[C@H](O)CC[C@@H]4[C@H]3CC[C@]12C. The van der Waals surface area contributed by atoms with Gasteiger partial charge in [0.05, 0.1) is 6.10 Å². The Kier molecular flexibility index (Phi) is 3.72. The number of carbonyl (C=O) groups excluding carboxylic acids is 1. The van der Waals surface area contributed by atoms with E-state index in [0.717, 1.165) is 42.9 Å². The Hall–Kier alpha value is -0.370. The molecular formula is C21H34O2. The summed E-state index contributed by atoms with van der Waals surface area (Å²) in [4.78, 5) is 12.2. The van der Waals surface area contributed by atoms with Gasteiger partial charge in [-0.3, -0.25) is 4.79 Å². The monoisotopic (exact) mass is 318 g/mol. The van der Waals surface area contributed by atoms with Gasteiger partial charge in [0, 0.05) is 5.92 Å². The lowest BCUT2D eigenvalue weighted by molar-refractivity contribution is -0.133. The summed E-state index contributed by atoms with van der Waals surface area (Å²) in [6.07, 6.45) is 10.9. The first-order valence-electron chi connectivity index (χ1n) is 10.0. The zero-order valence-electron chi connectivity index (χ0n) is 15.2. The molecule has 0 radical (unpaired) electrons. The van der Waals surface area contributed by atoms with E-state index in [4.69, 9.17) is 0 Å². The summed E-state index contributed by atoms with van der Waals surface area (Å²) < 4.78 is 0. The van der Waals surface area contributed by atoms with Gasteiger partial charge in [0.25, 0.3) is 0 Å². The standard InChI is InChI=1S/C21H34O2/c1-13(22)17-6-7-19-16-8-10-20(2)12-14(23)4-5-18(20)15(16)9-11-21(17,19)3/h14-19,23H,4-12H2,1-3H3/t14-,15+,16-,17-,18-,19+,20-,21-/m1/s1. The molecule has 4 aliphatic carbocycles. The van der Waals surface area contributed by atoms with Crippen LogP contribution in [-0.4, -0.2) is 17.0 Å². The van der Waals surface area contributed by atoms with Gasteiger partial charge in [-0.2, -0.15) is 0 Å². The van der Waals surface area contributed by atoms with Crippen LogP contribution in [0, 0.1) is 40.4 Å². The minimum atomic E-state index is -0.0600. The van der Waals surface area contributed by atoms with Gasteiger partial charge in [0.1, 0.15) is 5.78 Å². The van der Waals surface area contributed by atoms with Crippen molar-refractivity contribution in [3.63, 3.8) is 0 Å². The molecule has 0 aliphatic heterocycles. The Morgan fingerprint density at radius 3 is 2.30 bits per heavy atom. The summed E-state index contributed by atoms with van der Waals surface area (Å²) >= 11 is 0. The van der Waals surface area contributed by atoms with Crippen molar-refractivity contribution in [2.24, 2.45) is 40.4 Å². The van der Waals surface area contributed by atoms with E-state index < -0.39 is 0 Å². The second kappa shape index (κ2) is 5.31. The Balaban J connectivity index is 1.60. The Morgan fingerprint density at radius 1 is 0.913 bits per heavy atom. The van der Waals surface area contributed by atoms with Gasteiger partial charge >= 0.3 is 0 Å². The number of fused-ring (bicyclic) bond motifs is 5. The molecule has 23 heavy (non-hydrogen) atoms. The third-order valence-electron chi connectivity index (χ3n) is 8.96. The highest BCUT2D eigenvalue weighted by atomic mass is 16.3. The fourth-order valence-corrected chi connectivity index (χ4v) is 7.93. The minimum absolute atomic E-state index is 0.0600. The molecule has 0 unspecified atom stereocenters. The fraction of sp³-hybridized carbons (Fsp3) is 0.952. The molecule has 4 saturated carbocycles. The highest BCUT2D eigenvalue weighted by molar-refractivity contribution is 5.79. The molecule has 2 heteroatoms. The Labute approximate surface area is 141 Å². The maximum absolute atomic E-state index is 12.2. The molecule has 0 bridgehead atoms. The van der Waals surface area contributed by atoms with Gasteiger partial charge in [-0.15, -0.1) is 0 Å². The van der Waals surface area contributed by atoms with Gasteiger partial charge in [0.15, 0.2) is 0 Å². The lowest BCUT2D eigenvalue weighted by atomic mass is 9.46. The van der Waals surface area contributed by atoms with E-state index in [1.165, 1.54) is 38.5 Å². The molecular weight excluding hydrogens is 284 g/mol. The predicted molar refractivity (Wildman–Crippen MR) is 91.9 cm³/mol. The smallest absolute Gasteiger partial charge is 0.133 e. The van der Waals surface area contributed by atoms with Crippen LogP contribution in [0.1, 0.15) is 78.6 Å². The van der Waals surface area contributed by atoms with Crippen molar-refractivity contribution < 1.29 is 9.90 Å². The van der Waals surface area contributed by atoms with Gasteiger partial charge in [-0.05, 0) is 99.2 Å². The van der Waals surface area contributed by atoms with Crippen LogP contribution in [0.15, 0.2) is 0 Å². The van der Waals surface area contributed by atoms with Crippen LogP contribution in [0.2, 0.25) is 0 Å². The Morgan fingerprint density at radius 2 is 1.57 bits per heavy atom. The normalized spacial score (nSPS) is 55.7. The van der Waals surface area contributed by atoms with Crippen molar-refractivity contribution in [2.45, 2.75) is 84.7 Å². The van der Waals surface area contributed by atoms with Crippen LogP contribution in [-0.2, 0) is 4.79 Å². The predicted octanol–water partition coefficient (Wildman–Crippen LogP) is 4.60. The second-order valence-corrected chi connectivity index (χ2v) is 9.95. The van der Waals surface area contributed by atoms with Crippen LogP contribution < -0.4 is 0 Å². The number of aliphatic hydroxyl groups is 1. The lowest BCUT2D eigenvalue weighted by Crippen LogP contribution is -2.52. The molecule has 8 atom stereocenters. The van der Waals surface area contributed by atoms with Crippen LogP contribution in [0.25, 0.3) is 0 Å². The van der Waals surface area contributed by atoms with Gasteiger partial charge < -0.3 is 5.11 Å². The second-order valence-electron chi connectivity index (χ2n) is 9.95. The number of Topliss-reactive ketones (excluding diaryl/α,β-unsaturated/α-hetero) is 1. The van der Waals surface area contributed by atoms with Crippen molar-refractivity contribution in [3.8, 4) is 0 Å². The van der Waals surface area contributed by atoms with E-state index >= 15 is 0 Å². The molecule has 0 heterocycles. The molecule has 0 saturated heterocycles. The number of carbonyl (C=O) groups is 1. The van der Waals surface area contributed by atoms with Crippen LogP contribution in [0.4, 0.5) is 0 Å². The third-order valence-corrected chi connectivity index (χ3v) is 8.96. The molecule has 1 N–H and O–H groups in total. The highest BCUT2D eigenvalue weighted by Crippen LogP contribution is 2.66. The summed E-state index contributed by atoms with van der Waals surface area (Å²) in [7, 11) is 0. The topological polar surface area (TPSA) is 37.3 Å². The van der Waals surface area contributed by atoms with Gasteiger partial charge in [-0.25, -0.2) is 0 Å². The van der Waals surface area contributed by atoms with Crippen molar-refractivity contribution >= 4 is 5.78 Å². The van der Waals surface area contributed by atoms with E-state index in [1.807, 2.05) is 6.92 Å². The number of rotatable bonds is 1. The maximum Gasteiger partial charge on any atom is 0.133 e. The summed E-state index contributed by atoms with van der Waals surface area (Å²) in [5.74, 6) is 4.10. The summed E-state index contributed by atoms with van der Waals surface area (Å²) in [6, 6.07) is 0. The molecule has 0 spiro atoms. The molecule has 4 fully saturated rings. The van der Waals surface area contributed by atoms with Gasteiger partial charge in [-0.1, -0.05) is 13.8 Å². The van der Waals surface area contributed by atoms with Crippen molar-refractivity contribution in [2.75, 3.05) is 0 Å². The molecule has 4 rings (SSSR count). The van der Waals surface area contributed by atoms with E-state index in [2.05, 4.69) is 13.8 Å². The molecule has 2 nitrogen and oxygen atoms in total. The number of hydrogen-bond acceptors (Lipinski definition) is 2. The van der Waals surface area contributed by atoms with Crippen LogP contribution in [0.3, 0.4) is 0 Å². The van der Waals surface area contributed by atoms with Crippen molar-refractivity contribution in [1.82, 2.24) is 0 Å². The first kappa shape index (κ1) is 16.1. The van der Waals surface area contributed by atoms with E-state index in [0.29, 0.717) is 17.1 Å². The van der Waals surface area contributed by atoms with E-state index in [1.54, 1.807) is 0 Å².